The van der Waals surface area contributed by atoms with Crippen molar-refractivity contribution in [2.45, 2.75) is 26.3 Å². The molecule has 0 radical (unpaired) electrons. The fraction of sp³-hybridized carbons (Fsp3) is 0.571. The lowest BCUT2D eigenvalue weighted by molar-refractivity contribution is 0.164. The van der Waals surface area contributed by atoms with Gasteiger partial charge in [0.25, 0.3) is 0 Å². The average Bonchev–Trinajstić information content (AvgIpc) is 2.36. The molecule has 4 heteroatoms. The van der Waals surface area contributed by atoms with Crippen molar-refractivity contribution in [2.24, 2.45) is 0 Å². The molecule has 1 atom stereocenters. The second kappa shape index (κ2) is 7.24. The SMILES string of the molecule is CCN(CCO)C(C)Cc1ccc(OC)c(N)c1. The zero-order chi connectivity index (χ0) is 13.5. The van der Waals surface area contributed by atoms with Crippen LogP contribution in [0.5, 0.6) is 5.75 Å². The van der Waals surface area contributed by atoms with Crippen molar-refractivity contribution < 1.29 is 9.84 Å². The largest absolute Gasteiger partial charge is 0.495 e. The van der Waals surface area contributed by atoms with E-state index in [1.165, 1.54) is 5.56 Å². The summed E-state index contributed by atoms with van der Waals surface area (Å²) in [6, 6.07) is 6.29. The normalized spacial score (nSPS) is 12.7. The molecule has 0 aliphatic carbocycles. The molecule has 1 rings (SSSR count). The Morgan fingerprint density at radius 3 is 2.67 bits per heavy atom. The Hall–Kier alpha value is -1.26. The number of aliphatic hydroxyl groups is 1. The number of rotatable bonds is 7. The Bertz CT molecular complexity index is 369. The Kier molecular flexibility index (Phi) is 5.95. The lowest BCUT2D eigenvalue weighted by atomic mass is 10.0. The minimum absolute atomic E-state index is 0.197. The number of aliphatic hydroxyl groups excluding tert-OH is 1. The van der Waals surface area contributed by atoms with E-state index in [1.807, 2.05) is 18.2 Å². The number of anilines is 1. The van der Waals surface area contributed by atoms with E-state index in [9.17, 15) is 0 Å². The van der Waals surface area contributed by atoms with Crippen LogP contribution in [0.1, 0.15) is 19.4 Å². The summed E-state index contributed by atoms with van der Waals surface area (Å²) in [7, 11) is 1.62. The average molecular weight is 252 g/mol. The predicted octanol–water partition coefficient (Wildman–Crippen LogP) is 1.52. The molecule has 18 heavy (non-hydrogen) atoms. The van der Waals surface area contributed by atoms with Gasteiger partial charge in [0.1, 0.15) is 5.75 Å². The summed E-state index contributed by atoms with van der Waals surface area (Å²) in [6.07, 6.45) is 0.919. The van der Waals surface area contributed by atoms with Crippen molar-refractivity contribution in [2.75, 3.05) is 32.5 Å². The number of hydrogen-bond acceptors (Lipinski definition) is 4. The zero-order valence-corrected chi connectivity index (χ0v) is 11.5. The fourth-order valence-corrected chi connectivity index (χ4v) is 2.20. The van der Waals surface area contributed by atoms with E-state index in [0.29, 0.717) is 24.0 Å². The standard InChI is InChI=1S/C14H24N2O2/c1-4-16(7-8-17)11(2)9-12-5-6-14(18-3)13(15)10-12/h5-6,10-11,17H,4,7-9,15H2,1-3H3. The molecule has 4 nitrogen and oxygen atoms in total. The molecule has 0 bridgehead atoms. The van der Waals surface area contributed by atoms with Gasteiger partial charge < -0.3 is 15.6 Å². The van der Waals surface area contributed by atoms with E-state index in [4.69, 9.17) is 15.6 Å². The van der Waals surface area contributed by atoms with Crippen molar-refractivity contribution >= 4 is 5.69 Å². The van der Waals surface area contributed by atoms with Crippen molar-refractivity contribution in [3.05, 3.63) is 23.8 Å². The van der Waals surface area contributed by atoms with Gasteiger partial charge in [-0.25, -0.2) is 0 Å². The molecule has 0 saturated carbocycles. The maximum absolute atomic E-state index is 9.02. The van der Waals surface area contributed by atoms with Crippen LogP contribution in [0.2, 0.25) is 0 Å². The van der Waals surface area contributed by atoms with E-state index in [2.05, 4.69) is 18.7 Å². The second-order valence-electron chi connectivity index (χ2n) is 4.48. The van der Waals surface area contributed by atoms with Gasteiger partial charge in [-0.1, -0.05) is 13.0 Å². The van der Waals surface area contributed by atoms with Crippen LogP contribution in [0.3, 0.4) is 0 Å². The van der Waals surface area contributed by atoms with E-state index in [-0.39, 0.29) is 6.61 Å². The highest BCUT2D eigenvalue weighted by atomic mass is 16.5. The maximum Gasteiger partial charge on any atom is 0.141 e. The van der Waals surface area contributed by atoms with Crippen molar-refractivity contribution in [3.63, 3.8) is 0 Å². The third-order valence-electron chi connectivity index (χ3n) is 3.24. The number of nitrogens with zero attached hydrogens (tertiary/aromatic N) is 1. The number of nitrogens with two attached hydrogens (primary N) is 1. The van der Waals surface area contributed by atoms with Crippen LogP contribution in [-0.2, 0) is 6.42 Å². The van der Waals surface area contributed by atoms with Gasteiger partial charge in [0.05, 0.1) is 19.4 Å². The van der Waals surface area contributed by atoms with Crippen LogP contribution in [0, 0.1) is 0 Å². The molecule has 1 aromatic carbocycles. The van der Waals surface area contributed by atoms with Crippen LogP contribution in [0.4, 0.5) is 5.69 Å². The highest BCUT2D eigenvalue weighted by Gasteiger charge is 2.12. The molecule has 1 aromatic rings. The monoisotopic (exact) mass is 252 g/mol. The molecule has 3 N–H and O–H groups in total. The van der Waals surface area contributed by atoms with Crippen LogP contribution in [0.25, 0.3) is 0 Å². The highest BCUT2D eigenvalue weighted by molar-refractivity contribution is 5.54. The summed E-state index contributed by atoms with van der Waals surface area (Å²) in [4.78, 5) is 2.25. The Morgan fingerprint density at radius 1 is 1.44 bits per heavy atom. The third kappa shape index (κ3) is 3.89. The van der Waals surface area contributed by atoms with E-state index >= 15 is 0 Å². The molecule has 0 heterocycles. The van der Waals surface area contributed by atoms with Crippen molar-refractivity contribution in [1.82, 2.24) is 4.90 Å². The molecular weight excluding hydrogens is 228 g/mol. The Labute approximate surface area is 109 Å². The summed E-state index contributed by atoms with van der Waals surface area (Å²) in [5.74, 6) is 0.717. The number of hydrogen-bond donors (Lipinski definition) is 2. The fourth-order valence-electron chi connectivity index (χ4n) is 2.20. The van der Waals surface area contributed by atoms with Crippen molar-refractivity contribution in [1.29, 1.82) is 0 Å². The lowest BCUT2D eigenvalue weighted by Crippen LogP contribution is -2.36. The van der Waals surface area contributed by atoms with Gasteiger partial charge in [-0.05, 0) is 37.6 Å². The summed E-state index contributed by atoms with van der Waals surface area (Å²) in [5, 5.41) is 9.02. The molecule has 0 aromatic heterocycles. The topological polar surface area (TPSA) is 58.7 Å². The first-order chi connectivity index (χ1) is 8.62. The number of likely N-dealkylation sites (N-methyl/N-ethyl adjacent to an activating group) is 1. The predicted molar refractivity (Wildman–Crippen MR) is 74.9 cm³/mol. The van der Waals surface area contributed by atoms with Gasteiger partial charge in [0.15, 0.2) is 0 Å². The smallest absolute Gasteiger partial charge is 0.141 e. The quantitative estimate of drug-likeness (QED) is 0.722. The summed E-state index contributed by atoms with van der Waals surface area (Å²) in [6.45, 7) is 6.12. The van der Waals surface area contributed by atoms with Gasteiger partial charge >= 0.3 is 0 Å². The van der Waals surface area contributed by atoms with Crippen LogP contribution in [0.15, 0.2) is 18.2 Å². The van der Waals surface area contributed by atoms with Gasteiger partial charge in [0.2, 0.25) is 0 Å². The molecule has 0 fully saturated rings. The maximum atomic E-state index is 9.02. The Morgan fingerprint density at radius 2 is 2.17 bits per heavy atom. The van der Waals surface area contributed by atoms with E-state index in [0.717, 1.165) is 13.0 Å². The first-order valence-electron chi connectivity index (χ1n) is 6.39. The van der Waals surface area contributed by atoms with Gasteiger partial charge in [-0.3, -0.25) is 4.90 Å². The summed E-state index contributed by atoms with van der Waals surface area (Å²) >= 11 is 0. The molecule has 0 amide bonds. The van der Waals surface area contributed by atoms with Gasteiger partial charge in [-0.15, -0.1) is 0 Å². The number of ether oxygens (including phenoxy) is 1. The minimum atomic E-state index is 0.197. The molecule has 1 unspecified atom stereocenters. The molecule has 0 saturated heterocycles. The van der Waals surface area contributed by atoms with Gasteiger partial charge in [-0.2, -0.15) is 0 Å². The number of nitrogen functional groups attached to an aromatic ring is 1. The number of benzene rings is 1. The molecule has 0 aliphatic heterocycles. The molecule has 0 aliphatic rings. The first-order valence-corrected chi connectivity index (χ1v) is 6.39. The second-order valence-corrected chi connectivity index (χ2v) is 4.48. The molecule has 0 spiro atoms. The first kappa shape index (κ1) is 14.8. The van der Waals surface area contributed by atoms with Crippen molar-refractivity contribution in [3.8, 4) is 5.75 Å². The van der Waals surface area contributed by atoms with E-state index in [1.54, 1.807) is 7.11 Å². The summed E-state index contributed by atoms with van der Waals surface area (Å²) in [5.41, 5.74) is 7.76. The minimum Gasteiger partial charge on any atom is -0.495 e. The highest BCUT2D eigenvalue weighted by Crippen LogP contribution is 2.23. The lowest BCUT2D eigenvalue weighted by Gasteiger charge is -2.27. The third-order valence-corrected chi connectivity index (χ3v) is 3.24. The van der Waals surface area contributed by atoms with E-state index < -0.39 is 0 Å². The molecule has 102 valence electrons. The zero-order valence-electron chi connectivity index (χ0n) is 11.5. The molecular formula is C14H24N2O2. The summed E-state index contributed by atoms with van der Waals surface area (Å²) < 4.78 is 5.14. The Balaban J connectivity index is 2.68. The van der Waals surface area contributed by atoms with Gasteiger partial charge in [0, 0.05) is 12.6 Å². The van der Waals surface area contributed by atoms with Crippen LogP contribution >= 0.6 is 0 Å². The number of methoxy groups -OCH3 is 1. The van der Waals surface area contributed by atoms with Crippen LogP contribution < -0.4 is 10.5 Å². The van der Waals surface area contributed by atoms with Crippen LogP contribution in [-0.4, -0.2) is 42.9 Å².